The van der Waals surface area contributed by atoms with Crippen LogP contribution < -0.4 is 0 Å². The highest BCUT2D eigenvalue weighted by Crippen LogP contribution is 2.32. The van der Waals surface area contributed by atoms with Gasteiger partial charge in [-0.3, -0.25) is 9.23 Å². The Morgan fingerprint density at radius 2 is 2.00 bits per heavy atom. The molecule has 0 saturated heterocycles. The fourth-order valence-corrected chi connectivity index (χ4v) is 1.54. The Hall–Kier alpha value is -1.09. The van der Waals surface area contributed by atoms with Gasteiger partial charge in [0.25, 0.3) is 10.1 Å². The second-order valence-corrected chi connectivity index (χ2v) is 3.88. The molecule has 0 aliphatic carbocycles. The van der Waals surface area contributed by atoms with Crippen LogP contribution in [-0.2, 0) is 23.3 Å². The maximum Gasteiger partial charge on any atom is 0.436 e. The number of aromatic nitrogens is 2. The summed E-state index contributed by atoms with van der Waals surface area (Å²) in [5.74, 6) is 0. The van der Waals surface area contributed by atoms with Gasteiger partial charge < -0.3 is 0 Å². The molecule has 0 saturated carbocycles. The minimum absolute atomic E-state index is 0.582. The molecule has 0 fully saturated rings. The molecule has 1 N–H and O–H groups in total. The van der Waals surface area contributed by atoms with E-state index >= 15 is 0 Å². The lowest BCUT2D eigenvalue weighted by molar-refractivity contribution is -0.143. The molecule has 0 spiro atoms. The Morgan fingerprint density at radius 1 is 1.50 bits per heavy atom. The van der Waals surface area contributed by atoms with E-state index in [-0.39, 0.29) is 0 Å². The van der Waals surface area contributed by atoms with Crippen LogP contribution >= 0.6 is 0 Å². The van der Waals surface area contributed by atoms with Crippen LogP contribution in [0.15, 0.2) is 11.1 Å². The number of nitrogens with zero attached hydrogens (tertiary/aromatic N) is 2. The van der Waals surface area contributed by atoms with Gasteiger partial charge in [-0.05, 0) is 0 Å². The standard InChI is InChI=1S/C5H5F3N2O3S/c1-10-2-3(14(11,12)13)4(9-10)5(6,7)8/h2H,1H3,(H,11,12,13). The van der Waals surface area contributed by atoms with Crippen molar-refractivity contribution >= 4 is 10.1 Å². The van der Waals surface area contributed by atoms with Crippen molar-refractivity contribution in [2.45, 2.75) is 11.1 Å². The first-order valence-electron chi connectivity index (χ1n) is 3.20. The van der Waals surface area contributed by atoms with Crippen molar-refractivity contribution in [1.82, 2.24) is 9.78 Å². The molecule has 0 aliphatic rings. The lowest BCUT2D eigenvalue weighted by Gasteiger charge is -2.02. The second kappa shape index (κ2) is 2.95. The third-order valence-corrected chi connectivity index (χ3v) is 2.20. The van der Waals surface area contributed by atoms with Gasteiger partial charge in [0.15, 0.2) is 5.69 Å². The summed E-state index contributed by atoms with van der Waals surface area (Å²) in [7, 11) is -3.78. The van der Waals surface area contributed by atoms with Crippen molar-refractivity contribution in [1.29, 1.82) is 0 Å². The van der Waals surface area contributed by atoms with E-state index in [1.165, 1.54) is 0 Å². The van der Waals surface area contributed by atoms with Crippen LogP contribution in [0.2, 0.25) is 0 Å². The maximum absolute atomic E-state index is 12.1. The van der Waals surface area contributed by atoms with Crippen LogP contribution in [-0.4, -0.2) is 22.8 Å². The van der Waals surface area contributed by atoms with E-state index in [2.05, 4.69) is 5.10 Å². The number of hydrogen-bond acceptors (Lipinski definition) is 3. The summed E-state index contributed by atoms with van der Waals surface area (Å²) in [6.45, 7) is 0. The Labute approximate surface area is 76.9 Å². The van der Waals surface area contributed by atoms with Gasteiger partial charge in [0.05, 0.1) is 0 Å². The quantitative estimate of drug-likeness (QED) is 0.720. The SMILES string of the molecule is Cn1cc(S(=O)(=O)O)c(C(F)(F)F)n1. The number of alkyl halides is 3. The zero-order valence-corrected chi connectivity index (χ0v) is 7.59. The number of halogens is 3. The van der Waals surface area contributed by atoms with Crippen LogP contribution in [0, 0.1) is 0 Å². The van der Waals surface area contributed by atoms with Gasteiger partial charge in [-0.1, -0.05) is 0 Å². The molecule has 0 aromatic carbocycles. The topological polar surface area (TPSA) is 72.2 Å². The molecule has 0 bridgehead atoms. The van der Waals surface area contributed by atoms with Gasteiger partial charge in [-0.15, -0.1) is 0 Å². The monoisotopic (exact) mass is 230 g/mol. The van der Waals surface area contributed by atoms with Gasteiger partial charge in [-0.2, -0.15) is 26.7 Å². The van der Waals surface area contributed by atoms with Crippen molar-refractivity contribution in [2.24, 2.45) is 7.05 Å². The first kappa shape index (κ1) is 11.0. The molecule has 1 aromatic heterocycles. The van der Waals surface area contributed by atoms with Crippen LogP contribution in [0.5, 0.6) is 0 Å². The van der Waals surface area contributed by atoms with E-state index < -0.39 is 26.9 Å². The van der Waals surface area contributed by atoms with Crippen LogP contribution in [0.25, 0.3) is 0 Å². The van der Waals surface area contributed by atoms with E-state index in [1.807, 2.05) is 0 Å². The minimum Gasteiger partial charge on any atom is -0.282 e. The predicted molar refractivity (Wildman–Crippen MR) is 38.0 cm³/mol. The fraction of sp³-hybridized carbons (Fsp3) is 0.400. The lowest BCUT2D eigenvalue weighted by atomic mass is 10.4. The molecular weight excluding hydrogens is 225 g/mol. The first-order chi connectivity index (χ1) is 6.12. The Bertz CT molecular complexity index is 447. The van der Waals surface area contributed by atoms with Crippen molar-refractivity contribution in [2.75, 3.05) is 0 Å². The summed E-state index contributed by atoms with van der Waals surface area (Å²) in [4.78, 5) is -1.24. The van der Waals surface area contributed by atoms with Gasteiger partial charge in [-0.25, -0.2) is 0 Å². The Balaban J connectivity index is 3.46. The average Bonchev–Trinajstić information content (AvgIpc) is 2.27. The van der Waals surface area contributed by atoms with Gasteiger partial charge in [0.2, 0.25) is 0 Å². The molecule has 14 heavy (non-hydrogen) atoms. The molecular formula is C5H5F3N2O3S. The van der Waals surface area contributed by atoms with E-state index in [0.29, 0.717) is 10.9 Å². The summed E-state index contributed by atoms with van der Waals surface area (Å²) in [6, 6.07) is 0. The van der Waals surface area contributed by atoms with Crippen LogP contribution in [0.1, 0.15) is 5.69 Å². The van der Waals surface area contributed by atoms with E-state index in [1.54, 1.807) is 0 Å². The van der Waals surface area contributed by atoms with Gasteiger partial charge in [0, 0.05) is 13.2 Å². The summed E-state index contributed by atoms with van der Waals surface area (Å²) < 4.78 is 66.6. The molecule has 1 aromatic rings. The average molecular weight is 230 g/mol. The summed E-state index contributed by atoms with van der Waals surface area (Å²) >= 11 is 0. The molecule has 9 heteroatoms. The Morgan fingerprint density at radius 3 is 2.29 bits per heavy atom. The molecule has 0 atom stereocenters. The minimum atomic E-state index is -4.91. The zero-order valence-electron chi connectivity index (χ0n) is 6.78. The van der Waals surface area contributed by atoms with E-state index in [0.717, 1.165) is 7.05 Å². The van der Waals surface area contributed by atoms with Gasteiger partial charge in [0.1, 0.15) is 4.90 Å². The number of aryl methyl sites for hydroxylation is 1. The zero-order chi connectivity index (χ0) is 11.1. The number of hydrogen-bond donors (Lipinski definition) is 1. The van der Waals surface area contributed by atoms with Gasteiger partial charge >= 0.3 is 6.18 Å². The maximum atomic E-state index is 12.1. The first-order valence-corrected chi connectivity index (χ1v) is 4.64. The van der Waals surface area contributed by atoms with Crippen molar-refractivity contribution < 1.29 is 26.1 Å². The number of rotatable bonds is 1. The Kier molecular flexibility index (Phi) is 2.32. The predicted octanol–water partition coefficient (Wildman–Crippen LogP) is 0.686. The third kappa shape index (κ3) is 2.04. The van der Waals surface area contributed by atoms with Crippen molar-refractivity contribution in [3.8, 4) is 0 Å². The highest BCUT2D eigenvalue weighted by Gasteiger charge is 2.40. The smallest absolute Gasteiger partial charge is 0.282 e. The summed E-state index contributed by atoms with van der Waals surface area (Å²) in [6.07, 6.45) is -4.33. The van der Waals surface area contributed by atoms with Crippen molar-refractivity contribution in [3.05, 3.63) is 11.9 Å². The molecule has 0 radical (unpaired) electrons. The highest BCUT2D eigenvalue weighted by atomic mass is 32.2. The van der Waals surface area contributed by atoms with Crippen LogP contribution in [0.4, 0.5) is 13.2 Å². The summed E-state index contributed by atoms with van der Waals surface area (Å²) in [5, 5.41) is 2.90. The second-order valence-electron chi connectivity index (χ2n) is 2.49. The fourth-order valence-electron chi connectivity index (χ4n) is 0.852. The molecule has 0 aliphatic heterocycles. The third-order valence-electron chi connectivity index (χ3n) is 1.34. The highest BCUT2D eigenvalue weighted by molar-refractivity contribution is 7.85. The summed E-state index contributed by atoms with van der Waals surface area (Å²) in [5.41, 5.74) is -1.62. The normalized spacial score (nSPS) is 13.2. The molecule has 1 heterocycles. The van der Waals surface area contributed by atoms with E-state index in [4.69, 9.17) is 4.55 Å². The van der Waals surface area contributed by atoms with Crippen LogP contribution in [0.3, 0.4) is 0 Å². The van der Waals surface area contributed by atoms with E-state index in [9.17, 15) is 21.6 Å². The molecule has 80 valence electrons. The molecule has 0 amide bonds. The molecule has 5 nitrogen and oxygen atoms in total. The van der Waals surface area contributed by atoms with Crippen molar-refractivity contribution in [3.63, 3.8) is 0 Å². The molecule has 1 rings (SSSR count). The largest absolute Gasteiger partial charge is 0.436 e. The lowest BCUT2D eigenvalue weighted by Crippen LogP contribution is -2.12. The molecule has 0 unspecified atom stereocenters.